The Bertz CT molecular complexity index is 1440. The molecule has 3 unspecified atom stereocenters. The molecule has 43 heavy (non-hydrogen) atoms. The number of ketones is 1. The Balaban J connectivity index is 2.01. The van der Waals surface area contributed by atoms with Gasteiger partial charge in [0.2, 0.25) is 11.7 Å². The van der Waals surface area contributed by atoms with Crippen molar-refractivity contribution in [2.75, 3.05) is 26.1 Å². The van der Waals surface area contributed by atoms with Crippen LogP contribution in [0.3, 0.4) is 0 Å². The first-order chi connectivity index (χ1) is 20.5. The van der Waals surface area contributed by atoms with Crippen LogP contribution in [0.1, 0.15) is 43.9 Å². The Labute approximate surface area is 249 Å². The summed E-state index contributed by atoms with van der Waals surface area (Å²) >= 11 is 0. The van der Waals surface area contributed by atoms with E-state index in [-0.39, 0.29) is 26.1 Å². The van der Waals surface area contributed by atoms with Crippen molar-refractivity contribution in [2.45, 2.75) is 50.7 Å². The number of esters is 1. The van der Waals surface area contributed by atoms with Crippen LogP contribution in [0, 0.1) is 0 Å². The average Bonchev–Trinajstić information content (AvgIpc) is 2.98. The maximum Gasteiger partial charge on any atom is 0.364 e. The molecule has 14 nitrogen and oxygen atoms in total. The maximum atomic E-state index is 14.2. The first-order valence-corrected chi connectivity index (χ1v) is 16.8. The monoisotopic (exact) mass is 636 g/mol. The smallest absolute Gasteiger partial charge is 0.364 e. The predicted octanol–water partition coefficient (Wildman–Crippen LogP) is 4.13. The first kappa shape index (κ1) is 33.9. The SMILES string of the molecule is CCOP(=O)(OCC)C(C(=O)OC(c1ccccc1)c1ccccc1)N1C(=O)C(N=[N+]=[N-])C1CCC(=O)COS(C)(=O)=O. The van der Waals surface area contributed by atoms with Crippen LogP contribution in [0.5, 0.6) is 0 Å². The number of Topliss-reactive ketones (excluding diaryl/α,β-unsaturated/α-hetero) is 1. The zero-order chi connectivity index (χ0) is 31.6. The summed E-state index contributed by atoms with van der Waals surface area (Å²) in [5.74, 6) is -4.49. The van der Waals surface area contributed by atoms with E-state index < -0.39 is 66.0 Å². The third-order valence-electron chi connectivity index (χ3n) is 6.39. The molecule has 3 atom stereocenters. The summed E-state index contributed by atoms with van der Waals surface area (Å²) < 4.78 is 58.1. The number of likely N-dealkylation sites (tertiary alicyclic amines) is 1. The Hall–Kier alpha value is -3.58. The molecule has 1 saturated heterocycles. The number of ether oxygens (including phenoxy) is 1. The van der Waals surface area contributed by atoms with Gasteiger partial charge in [-0.05, 0) is 36.9 Å². The highest BCUT2D eigenvalue weighted by Gasteiger charge is 2.59. The number of β-lactam (4-membered cyclic amide) rings is 1. The summed E-state index contributed by atoms with van der Waals surface area (Å²) in [6, 6.07) is 15.1. The third-order valence-corrected chi connectivity index (χ3v) is 9.23. The molecule has 1 amide bonds. The summed E-state index contributed by atoms with van der Waals surface area (Å²) in [7, 11) is -8.33. The van der Waals surface area contributed by atoms with Crippen molar-refractivity contribution in [3.05, 3.63) is 82.2 Å². The minimum absolute atomic E-state index is 0.143. The molecule has 3 rings (SSSR count). The largest absolute Gasteiger partial charge is 0.451 e. The molecular weight excluding hydrogens is 603 g/mol. The zero-order valence-electron chi connectivity index (χ0n) is 23.8. The molecule has 1 aliphatic rings. The third kappa shape index (κ3) is 8.73. The van der Waals surface area contributed by atoms with Crippen molar-refractivity contribution in [1.29, 1.82) is 0 Å². The van der Waals surface area contributed by atoms with Gasteiger partial charge in [0.05, 0.1) is 25.5 Å². The van der Waals surface area contributed by atoms with Crippen LogP contribution in [-0.2, 0) is 47.0 Å². The van der Waals surface area contributed by atoms with Crippen LogP contribution in [0.15, 0.2) is 65.8 Å². The summed E-state index contributed by atoms with van der Waals surface area (Å²) in [6.45, 7) is 2.03. The Morgan fingerprint density at radius 3 is 2.02 bits per heavy atom. The van der Waals surface area contributed by atoms with E-state index in [0.717, 1.165) is 11.2 Å². The Kier molecular flexibility index (Phi) is 12.0. The molecule has 2 aromatic carbocycles. The van der Waals surface area contributed by atoms with E-state index in [9.17, 15) is 27.4 Å². The normalized spacial score (nSPS) is 17.6. The highest BCUT2D eigenvalue weighted by Crippen LogP contribution is 2.57. The summed E-state index contributed by atoms with van der Waals surface area (Å²) in [5.41, 5.74) is 10.3. The van der Waals surface area contributed by atoms with Gasteiger partial charge in [-0.25, -0.2) is 4.79 Å². The quantitative estimate of drug-likeness (QED) is 0.0464. The van der Waals surface area contributed by atoms with Crippen molar-refractivity contribution in [2.24, 2.45) is 5.11 Å². The molecule has 0 saturated carbocycles. The lowest BCUT2D eigenvalue weighted by molar-refractivity contribution is -0.166. The van der Waals surface area contributed by atoms with E-state index in [1.54, 1.807) is 60.7 Å². The molecule has 0 bridgehead atoms. The Morgan fingerprint density at radius 1 is 1.02 bits per heavy atom. The fourth-order valence-corrected chi connectivity index (χ4v) is 6.91. The fourth-order valence-electron chi connectivity index (χ4n) is 4.58. The molecule has 1 aliphatic heterocycles. The van der Waals surface area contributed by atoms with Gasteiger partial charge < -0.3 is 18.7 Å². The molecule has 0 radical (unpaired) electrons. The van der Waals surface area contributed by atoms with Crippen molar-refractivity contribution >= 4 is 35.4 Å². The minimum Gasteiger partial charge on any atom is -0.451 e. The molecule has 0 spiro atoms. The molecule has 16 heteroatoms. The lowest BCUT2D eigenvalue weighted by atomic mass is 9.90. The van der Waals surface area contributed by atoms with Crippen LogP contribution in [0.25, 0.3) is 10.4 Å². The van der Waals surface area contributed by atoms with Gasteiger partial charge in [-0.15, -0.1) is 0 Å². The molecule has 1 heterocycles. The summed E-state index contributed by atoms with van der Waals surface area (Å²) in [4.78, 5) is 43.3. The van der Waals surface area contributed by atoms with Crippen molar-refractivity contribution in [3.63, 3.8) is 0 Å². The maximum absolute atomic E-state index is 14.2. The Morgan fingerprint density at radius 2 is 1.56 bits per heavy atom. The van der Waals surface area contributed by atoms with E-state index in [2.05, 4.69) is 14.2 Å². The molecule has 1 fully saturated rings. The van der Waals surface area contributed by atoms with Gasteiger partial charge in [0.15, 0.2) is 11.9 Å². The van der Waals surface area contributed by atoms with Crippen LogP contribution in [-0.4, -0.2) is 74.9 Å². The standard InChI is InChI=1S/C27H33N4O10PS/c1-4-38-42(35,39-5-2)26(27(34)41-24(19-12-8-6-9-13-19)20-14-10-7-11-15-20)31-22(23(25(31)33)29-30-28)17-16-21(32)18-40-43(3,36)37/h6-15,22-24,26H,4-5,16-18H2,1-3H3. The fraction of sp³-hybridized carbons (Fsp3) is 0.444. The molecule has 0 aliphatic carbocycles. The summed E-state index contributed by atoms with van der Waals surface area (Å²) in [5, 5.41) is 3.51. The van der Waals surface area contributed by atoms with Gasteiger partial charge in [0.25, 0.3) is 10.1 Å². The molecule has 2 aromatic rings. The second kappa shape index (κ2) is 15.2. The van der Waals surface area contributed by atoms with E-state index in [1.165, 1.54) is 13.8 Å². The second-order valence-electron chi connectivity index (χ2n) is 9.39. The minimum atomic E-state index is -4.44. The number of benzene rings is 2. The van der Waals surface area contributed by atoms with Crippen molar-refractivity contribution in [3.8, 4) is 0 Å². The average molecular weight is 637 g/mol. The predicted molar refractivity (Wildman–Crippen MR) is 154 cm³/mol. The van der Waals surface area contributed by atoms with E-state index in [0.29, 0.717) is 11.1 Å². The highest BCUT2D eigenvalue weighted by atomic mass is 32.2. The van der Waals surface area contributed by atoms with Crippen LogP contribution in [0.2, 0.25) is 0 Å². The van der Waals surface area contributed by atoms with Crippen LogP contribution in [0.4, 0.5) is 0 Å². The first-order valence-electron chi connectivity index (χ1n) is 13.4. The van der Waals surface area contributed by atoms with Gasteiger partial charge in [0.1, 0.15) is 12.6 Å². The number of carbonyl (C=O) groups is 3. The van der Waals surface area contributed by atoms with Gasteiger partial charge in [-0.3, -0.25) is 18.3 Å². The second-order valence-corrected chi connectivity index (χ2v) is 13.1. The number of hydrogen-bond donors (Lipinski definition) is 0. The number of rotatable bonds is 17. The molecule has 0 aromatic heterocycles. The highest BCUT2D eigenvalue weighted by molar-refractivity contribution is 7.86. The van der Waals surface area contributed by atoms with Gasteiger partial charge in [-0.1, -0.05) is 65.8 Å². The van der Waals surface area contributed by atoms with Crippen LogP contribution >= 0.6 is 7.60 Å². The van der Waals surface area contributed by atoms with Crippen molar-refractivity contribution < 1.29 is 45.3 Å². The lowest BCUT2D eigenvalue weighted by Crippen LogP contribution is -2.68. The van der Waals surface area contributed by atoms with Crippen molar-refractivity contribution in [1.82, 2.24) is 4.90 Å². The van der Waals surface area contributed by atoms with Gasteiger partial charge >= 0.3 is 13.6 Å². The number of hydrogen-bond acceptors (Lipinski definition) is 11. The lowest BCUT2D eigenvalue weighted by Gasteiger charge is -2.49. The topological polar surface area (TPSA) is 191 Å². The molecule has 0 N–H and O–H groups in total. The molecule has 232 valence electrons. The zero-order valence-corrected chi connectivity index (χ0v) is 25.6. The van der Waals surface area contributed by atoms with Gasteiger partial charge in [0, 0.05) is 11.3 Å². The summed E-state index contributed by atoms with van der Waals surface area (Å²) in [6.07, 6.45) is -0.665. The van der Waals surface area contributed by atoms with E-state index >= 15 is 0 Å². The number of nitrogens with zero attached hydrogens (tertiary/aromatic N) is 4. The number of azide groups is 1. The van der Waals surface area contributed by atoms with Crippen LogP contribution < -0.4 is 0 Å². The number of carbonyl (C=O) groups excluding carboxylic acids is 3. The van der Waals surface area contributed by atoms with Gasteiger partial charge in [-0.2, -0.15) is 8.42 Å². The van der Waals surface area contributed by atoms with E-state index in [1.807, 2.05) is 0 Å². The number of amides is 1. The molecular formula is C27H33N4O10PS. The van der Waals surface area contributed by atoms with E-state index in [4.69, 9.17) is 19.3 Å².